The number of esters is 2. The van der Waals surface area contributed by atoms with Gasteiger partial charge in [-0.15, -0.1) is 0 Å². The minimum Gasteiger partial charge on any atom is -0.493 e. The van der Waals surface area contributed by atoms with Crippen LogP contribution in [0, 0.1) is 5.82 Å². The first-order chi connectivity index (χ1) is 26.6. The van der Waals surface area contributed by atoms with Gasteiger partial charge >= 0.3 is 24.1 Å². The Labute approximate surface area is 321 Å². The molecule has 0 spiro atoms. The van der Waals surface area contributed by atoms with Gasteiger partial charge in [0.15, 0.2) is 11.5 Å². The maximum Gasteiger partial charge on any atom is 0.407 e. The molecule has 0 saturated carbocycles. The standard InChI is InChI=1S/C38H40ClFN6O9/c1-4-16-53-34(47)14-13-30(36(48)54-17-5-2)46-37(49)45-25-9-7-24(8-10-25)22-55-38(50)41-15-6-18-52-33-20-27-31(21-32(33)51-3)42-23-43-35(27)44-26-11-12-29(40)28(39)19-26/h4-5,7-12,19-21,23,30H,1-2,6,13-18,22H2,3H3,(H,41,50)(H,42,43,44)(H2,45,46,49)/t30-/m0/s1. The molecule has 4 N–H and O–H groups in total. The lowest BCUT2D eigenvalue weighted by molar-refractivity contribution is -0.146. The molecule has 0 saturated heterocycles. The smallest absolute Gasteiger partial charge is 0.407 e. The number of alkyl carbamates (subject to hydrolysis) is 1. The molecule has 290 valence electrons. The molecule has 4 rings (SSSR count). The number of ether oxygens (including phenoxy) is 5. The number of carbonyl (C=O) groups is 4. The van der Waals surface area contributed by atoms with Crippen LogP contribution in [0.2, 0.25) is 5.02 Å². The third kappa shape index (κ3) is 13.2. The van der Waals surface area contributed by atoms with Gasteiger partial charge in [-0.1, -0.05) is 49.0 Å². The van der Waals surface area contributed by atoms with Crippen molar-refractivity contribution in [3.8, 4) is 11.5 Å². The molecule has 0 fully saturated rings. The van der Waals surface area contributed by atoms with Crippen molar-refractivity contribution in [3.05, 3.63) is 103 Å². The molecule has 1 atom stereocenters. The molecule has 0 unspecified atom stereocenters. The third-order valence-electron chi connectivity index (χ3n) is 7.47. The van der Waals surface area contributed by atoms with Gasteiger partial charge in [0.1, 0.15) is 43.8 Å². The van der Waals surface area contributed by atoms with E-state index in [1.165, 1.54) is 43.8 Å². The molecule has 0 aliphatic heterocycles. The molecule has 3 aromatic carbocycles. The summed E-state index contributed by atoms with van der Waals surface area (Å²) in [5.74, 6) is -0.503. The number of rotatable bonds is 20. The topological polar surface area (TPSA) is 188 Å². The number of nitrogens with one attached hydrogen (secondary N) is 4. The molecular formula is C38H40ClFN6O9. The van der Waals surface area contributed by atoms with E-state index in [0.717, 1.165) is 0 Å². The van der Waals surface area contributed by atoms with Crippen LogP contribution in [-0.2, 0) is 30.4 Å². The van der Waals surface area contributed by atoms with Crippen LogP contribution in [0.25, 0.3) is 10.9 Å². The van der Waals surface area contributed by atoms with E-state index in [1.807, 2.05) is 0 Å². The minimum atomic E-state index is -1.11. The minimum absolute atomic E-state index is 0.0287. The van der Waals surface area contributed by atoms with Gasteiger partial charge in [0.25, 0.3) is 0 Å². The summed E-state index contributed by atoms with van der Waals surface area (Å²) in [6.07, 6.45) is 3.81. The quantitative estimate of drug-likeness (QED) is 0.0326. The zero-order valence-electron chi connectivity index (χ0n) is 29.9. The second-order valence-corrected chi connectivity index (χ2v) is 11.9. The number of halogens is 2. The molecule has 3 amide bonds. The highest BCUT2D eigenvalue weighted by Gasteiger charge is 2.24. The summed E-state index contributed by atoms with van der Waals surface area (Å²) >= 11 is 5.93. The second-order valence-electron chi connectivity index (χ2n) is 11.5. The maximum atomic E-state index is 13.6. The molecule has 4 aromatic rings. The fourth-order valence-corrected chi connectivity index (χ4v) is 4.96. The highest BCUT2D eigenvalue weighted by atomic mass is 35.5. The zero-order valence-corrected chi connectivity index (χ0v) is 30.7. The molecule has 15 nitrogen and oxygen atoms in total. The Hall–Kier alpha value is -6.42. The predicted octanol–water partition coefficient (Wildman–Crippen LogP) is 6.60. The highest BCUT2D eigenvalue weighted by Crippen LogP contribution is 2.35. The van der Waals surface area contributed by atoms with Crippen molar-refractivity contribution in [1.29, 1.82) is 0 Å². The lowest BCUT2D eigenvalue weighted by Gasteiger charge is -2.17. The van der Waals surface area contributed by atoms with Crippen LogP contribution in [0.4, 0.5) is 31.2 Å². The number of anilines is 3. The van der Waals surface area contributed by atoms with E-state index < -0.39 is 35.9 Å². The van der Waals surface area contributed by atoms with Crippen molar-refractivity contribution in [2.75, 3.05) is 44.1 Å². The van der Waals surface area contributed by atoms with Crippen molar-refractivity contribution in [1.82, 2.24) is 20.6 Å². The van der Waals surface area contributed by atoms with Crippen LogP contribution < -0.4 is 30.7 Å². The van der Waals surface area contributed by atoms with Gasteiger partial charge in [-0.3, -0.25) is 4.79 Å². The summed E-state index contributed by atoms with van der Waals surface area (Å²) in [7, 11) is 1.51. The fourth-order valence-electron chi connectivity index (χ4n) is 4.78. The van der Waals surface area contributed by atoms with Crippen LogP contribution in [0.5, 0.6) is 11.5 Å². The average molecular weight is 779 g/mol. The van der Waals surface area contributed by atoms with Gasteiger partial charge in [-0.05, 0) is 54.8 Å². The number of nitrogens with zero attached hydrogens (tertiary/aromatic N) is 2. The lowest BCUT2D eigenvalue weighted by atomic mass is 10.1. The number of urea groups is 1. The summed E-state index contributed by atoms with van der Waals surface area (Å²) in [5.41, 5.74) is 2.16. The molecule has 0 aliphatic rings. The SMILES string of the molecule is C=CCOC(=O)CC[C@H](NC(=O)Nc1ccc(COC(=O)NCCCOc2cc3c(Nc4ccc(F)c(Cl)c4)ncnc3cc2OC)cc1)C(=O)OCC=C. The fraction of sp³-hybridized carbons (Fsp3) is 0.263. The molecule has 17 heteroatoms. The number of hydrogen-bond acceptors (Lipinski definition) is 12. The molecule has 1 heterocycles. The number of methoxy groups -OCH3 is 1. The summed E-state index contributed by atoms with van der Waals surface area (Å²) in [6.45, 7) is 7.37. The first kappa shape index (κ1) is 41.3. The first-order valence-corrected chi connectivity index (χ1v) is 17.3. The number of amides is 3. The Kier molecular flexibility index (Phi) is 16.0. The normalized spacial score (nSPS) is 11.0. The van der Waals surface area contributed by atoms with Gasteiger partial charge in [-0.2, -0.15) is 0 Å². The summed E-state index contributed by atoms with van der Waals surface area (Å²) in [6, 6.07) is 12.3. The van der Waals surface area contributed by atoms with E-state index in [9.17, 15) is 23.6 Å². The van der Waals surface area contributed by atoms with E-state index in [0.29, 0.717) is 51.6 Å². The molecule has 1 aromatic heterocycles. The van der Waals surface area contributed by atoms with Gasteiger partial charge in [0, 0.05) is 35.8 Å². The van der Waals surface area contributed by atoms with Crippen LogP contribution in [0.1, 0.15) is 24.8 Å². The van der Waals surface area contributed by atoms with E-state index in [4.69, 9.17) is 35.3 Å². The van der Waals surface area contributed by atoms with Gasteiger partial charge in [0.2, 0.25) is 0 Å². The van der Waals surface area contributed by atoms with Crippen molar-refractivity contribution in [2.24, 2.45) is 0 Å². The summed E-state index contributed by atoms with van der Waals surface area (Å²) < 4.78 is 40.3. The first-order valence-electron chi connectivity index (χ1n) is 16.9. The number of benzene rings is 3. The van der Waals surface area contributed by atoms with Crippen molar-refractivity contribution in [2.45, 2.75) is 31.9 Å². The number of fused-ring (bicyclic) bond motifs is 1. The van der Waals surface area contributed by atoms with E-state index in [2.05, 4.69) is 44.4 Å². The van der Waals surface area contributed by atoms with Crippen LogP contribution in [-0.4, -0.2) is 73.5 Å². The van der Waals surface area contributed by atoms with Gasteiger partial charge < -0.3 is 45.0 Å². The lowest BCUT2D eigenvalue weighted by Crippen LogP contribution is -2.44. The van der Waals surface area contributed by atoms with Crippen LogP contribution in [0.15, 0.2) is 86.2 Å². The molecule has 0 radical (unpaired) electrons. The Morgan fingerprint density at radius 1 is 0.927 bits per heavy atom. The molecular weight excluding hydrogens is 739 g/mol. The Balaban J connectivity index is 1.20. The second kappa shape index (κ2) is 21.3. The van der Waals surface area contributed by atoms with Crippen molar-refractivity contribution in [3.63, 3.8) is 0 Å². The zero-order chi connectivity index (χ0) is 39.6. The van der Waals surface area contributed by atoms with Gasteiger partial charge in [0.05, 0.1) is 24.3 Å². The molecule has 55 heavy (non-hydrogen) atoms. The van der Waals surface area contributed by atoms with E-state index in [-0.39, 0.29) is 50.8 Å². The van der Waals surface area contributed by atoms with Crippen molar-refractivity contribution < 1.29 is 47.3 Å². The van der Waals surface area contributed by atoms with E-state index in [1.54, 1.807) is 36.4 Å². The summed E-state index contributed by atoms with van der Waals surface area (Å²) in [4.78, 5) is 57.9. The van der Waals surface area contributed by atoms with E-state index >= 15 is 0 Å². The largest absolute Gasteiger partial charge is 0.493 e. The number of carbonyl (C=O) groups excluding carboxylic acids is 4. The molecule has 0 aliphatic carbocycles. The van der Waals surface area contributed by atoms with Crippen LogP contribution in [0.3, 0.4) is 0 Å². The summed E-state index contributed by atoms with van der Waals surface area (Å²) in [5, 5.41) is 11.5. The Bertz CT molecular complexity index is 1980. The number of hydrogen-bond donors (Lipinski definition) is 4. The molecule has 0 bridgehead atoms. The number of aromatic nitrogens is 2. The average Bonchev–Trinajstić information content (AvgIpc) is 3.18. The predicted molar refractivity (Wildman–Crippen MR) is 203 cm³/mol. The van der Waals surface area contributed by atoms with Crippen LogP contribution >= 0.6 is 11.6 Å². The highest BCUT2D eigenvalue weighted by molar-refractivity contribution is 6.31. The third-order valence-corrected chi connectivity index (χ3v) is 7.76. The maximum absolute atomic E-state index is 13.6. The van der Waals surface area contributed by atoms with Crippen molar-refractivity contribution >= 4 is 63.8 Å². The van der Waals surface area contributed by atoms with Gasteiger partial charge in [-0.25, -0.2) is 28.7 Å². The monoisotopic (exact) mass is 778 g/mol. The Morgan fingerprint density at radius 3 is 2.40 bits per heavy atom. The Morgan fingerprint density at radius 2 is 1.67 bits per heavy atom.